The zero-order valence-electron chi connectivity index (χ0n) is 21.1. The average Bonchev–Trinajstić information content (AvgIpc) is 3.54. The van der Waals surface area contributed by atoms with Gasteiger partial charge in [-0.2, -0.15) is 5.10 Å². The number of rotatable bonds is 8. The number of nitrogens with one attached hydrogen (secondary N) is 1. The summed E-state index contributed by atoms with van der Waals surface area (Å²) in [7, 11) is 0.554. The largest absolute Gasteiger partial charge is 0.353 e. The van der Waals surface area contributed by atoms with Crippen LogP contribution in [0.15, 0.2) is 44.7 Å². The second-order valence-corrected chi connectivity index (χ2v) is 12.0. The van der Waals surface area contributed by atoms with Crippen LogP contribution in [0.2, 0.25) is 0 Å². The second kappa shape index (κ2) is 9.44. The molecule has 3 aromatic rings. The number of pyridine rings is 1. The maximum Gasteiger partial charge on any atom is 0.277 e. The van der Waals surface area contributed by atoms with E-state index >= 15 is 0 Å². The Bertz CT molecular complexity index is 1570. The molecule has 1 fully saturated rings. The molecule has 11 heteroatoms. The van der Waals surface area contributed by atoms with E-state index in [1.807, 2.05) is 26.1 Å². The fourth-order valence-corrected chi connectivity index (χ4v) is 5.49. The number of fused-ring (bicyclic) bond motifs is 1. The Balaban J connectivity index is 1.60. The molecule has 0 amide bonds. The summed E-state index contributed by atoms with van der Waals surface area (Å²) < 4.78 is 46.4. The highest BCUT2D eigenvalue weighted by molar-refractivity contribution is 7.93. The molecule has 5 rings (SSSR count). The summed E-state index contributed by atoms with van der Waals surface area (Å²) in [6.45, 7) is 1.95. The second-order valence-electron chi connectivity index (χ2n) is 9.54. The first-order chi connectivity index (χ1) is 17.6. The summed E-state index contributed by atoms with van der Waals surface area (Å²) in [5, 5.41) is 7.57. The SMILES string of the molecule is CN=S(C)(=O)c1cc(-c2cnn(C)c2C)ccc1Nc1cc(CC(=O)C2CC2)nc2c1N=C(C(F)F)C2. The normalized spacial score (nSPS) is 16.4. The van der Waals surface area contributed by atoms with Crippen molar-refractivity contribution in [3.8, 4) is 11.1 Å². The van der Waals surface area contributed by atoms with E-state index in [1.54, 1.807) is 29.3 Å². The van der Waals surface area contributed by atoms with Gasteiger partial charge in [0.15, 0.2) is 0 Å². The molecule has 0 bridgehead atoms. The molecule has 194 valence electrons. The molecular formula is C26H28F2N6O2S. The lowest BCUT2D eigenvalue weighted by Crippen LogP contribution is -2.11. The van der Waals surface area contributed by atoms with E-state index in [1.165, 1.54) is 7.05 Å². The summed E-state index contributed by atoms with van der Waals surface area (Å²) in [6.07, 6.45) is 2.42. The highest BCUT2D eigenvalue weighted by Crippen LogP contribution is 2.40. The molecule has 2 aromatic heterocycles. The lowest BCUT2D eigenvalue weighted by atomic mass is 10.1. The van der Waals surface area contributed by atoms with Crippen molar-refractivity contribution in [2.45, 2.75) is 43.9 Å². The number of ketones is 1. The Morgan fingerprint density at radius 1 is 1.27 bits per heavy atom. The first kappa shape index (κ1) is 25.2. The third kappa shape index (κ3) is 4.92. The van der Waals surface area contributed by atoms with E-state index in [4.69, 9.17) is 0 Å². The van der Waals surface area contributed by atoms with Crippen molar-refractivity contribution in [3.05, 3.63) is 47.5 Å². The predicted octanol–water partition coefficient (Wildman–Crippen LogP) is 5.04. The minimum Gasteiger partial charge on any atom is -0.353 e. The van der Waals surface area contributed by atoms with Gasteiger partial charge in [0.05, 0.1) is 49.3 Å². The standard InChI is InChI=1S/C26H28F2N6O2S/c1-14-18(13-30-34(14)3)16-7-8-19(24(9-16)37(4,36)29-2)32-20-10-17(11-23(35)15-5-6-15)31-21-12-22(26(27)28)33-25(20)21/h7-10,13,15,26H,5-6,11-12H2,1-4H3,(H,31,32). The van der Waals surface area contributed by atoms with Gasteiger partial charge in [-0.3, -0.25) is 14.5 Å². The van der Waals surface area contributed by atoms with Gasteiger partial charge < -0.3 is 5.32 Å². The van der Waals surface area contributed by atoms with Crippen LogP contribution in [0, 0.1) is 12.8 Å². The number of hydrogen-bond acceptors (Lipinski definition) is 7. The number of carbonyl (C=O) groups excluding carboxylic acids is 1. The maximum atomic E-state index is 13.5. The van der Waals surface area contributed by atoms with E-state index < -0.39 is 16.2 Å². The number of aliphatic imine (C=N–C) groups is 1. The molecule has 1 unspecified atom stereocenters. The van der Waals surface area contributed by atoms with Gasteiger partial charge in [-0.05, 0) is 43.5 Å². The van der Waals surface area contributed by atoms with Crippen LogP contribution in [0.1, 0.15) is 29.9 Å². The maximum absolute atomic E-state index is 13.5. The van der Waals surface area contributed by atoms with E-state index in [-0.39, 0.29) is 30.3 Å². The highest BCUT2D eigenvalue weighted by atomic mass is 32.2. The highest BCUT2D eigenvalue weighted by Gasteiger charge is 2.31. The number of alkyl halides is 2. The summed E-state index contributed by atoms with van der Waals surface area (Å²) in [4.78, 5) is 21.6. The van der Waals surface area contributed by atoms with Gasteiger partial charge in [0.25, 0.3) is 6.43 Å². The number of aromatic nitrogens is 3. The number of carbonyl (C=O) groups is 1. The van der Waals surface area contributed by atoms with Crippen molar-refractivity contribution in [3.63, 3.8) is 0 Å². The number of halogens is 2. The van der Waals surface area contributed by atoms with Crippen LogP contribution >= 0.6 is 0 Å². The summed E-state index contributed by atoms with van der Waals surface area (Å²) in [5.74, 6) is 0.162. The molecule has 8 nitrogen and oxygen atoms in total. The topological polar surface area (TPSA) is 102 Å². The van der Waals surface area contributed by atoms with Crippen molar-refractivity contribution in [1.29, 1.82) is 0 Å². The monoisotopic (exact) mass is 526 g/mol. The lowest BCUT2D eigenvalue weighted by molar-refractivity contribution is -0.119. The number of anilines is 2. The molecule has 1 saturated carbocycles. The Morgan fingerprint density at radius 3 is 2.65 bits per heavy atom. The Labute approximate surface area is 214 Å². The Hall–Kier alpha value is -3.47. The van der Waals surface area contributed by atoms with Crippen LogP contribution in [0.4, 0.5) is 25.8 Å². The Kier molecular flexibility index (Phi) is 6.43. The van der Waals surface area contributed by atoms with Crippen molar-refractivity contribution >= 4 is 38.3 Å². The fourth-order valence-electron chi connectivity index (χ4n) is 4.42. The van der Waals surface area contributed by atoms with Crippen LogP contribution in [-0.4, -0.2) is 50.2 Å². The third-order valence-corrected chi connectivity index (χ3v) is 8.77. The number of benzene rings is 1. The average molecular weight is 527 g/mol. The van der Waals surface area contributed by atoms with Crippen LogP contribution < -0.4 is 5.32 Å². The molecule has 2 aliphatic rings. The molecule has 1 aliphatic carbocycles. The third-order valence-electron chi connectivity index (χ3n) is 6.92. The summed E-state index contributed by atoms with van der Waals surface area (Å²) >= 11 is 0. The van der Waals surface area contributed by atoms with E-state index in [2.05, 4.69) is 24.8 Å². The van der Waals surface area contributed by atoms with E-state index in [0.717, 1.165) is 29.7 Å². The minimum absolute atomic E-state index is 0.0605. The minimum atomic E-state index is -2.80. The lowest BCUT2D eigenvalue weighted by Gasteiger charge is -2.17. The zero-order chi connectivity index (χ0) is 26.5. The molecule has 0 radical (unpaired) electrons. The van der Waals surface area contributed by atoms with Crippen LogP contribution in [0.3, 0.4) is 0 Å². The molecule has 0 spiro atoms. The van der Waals surface area contributed by atoms with Crippen molar-refractivity contribution in [2.24, 2.45) is 22.3 Å². The van der Waals surface area contributed by atoms with Gasteiger partial charge in [0, 0.05) is 50.4 Å². The van der Waals surface area contributed by atoms with Crippen LogP contribution in [0.25, 0.3) is 11.1 Å². The van der Waals surface area contributed by atoms with Crippen molar-refractivity contribution in [1.82, 2.24) is 14.8 Å². The van der Waals surface area contributed by atoms with Crippen LogP contribution in [-0.2, 0) is 34.4 Å². The molecule has 1 atom stereocenters. The zero-order valence-corrected chi connectivity index (χ0v) is 21.9. The van der Waals surface area contributed by atoms with Gasteiger partial charge >= 0.3 is 0 Å². The van der Waals surface area contributed by atoms with Gasteiger partial charge in [-0.1, -0.05) is 6.07 Å². The van der Waals surface area contributed by atoms with Gasteiger partial charge in [0.2, 0.25) is 0 Å². The van der Waals surface area contributed by atoms with Crippen molar-refractivity contribution in [2.75, 3.05) is 18.6 Å². The van der Waals surface area contributed by atoms with E-state index in [0.29, 0.717) is 33.3 Å². The quantitative estimate of drug-likeness (QED) is 0.443. The molecule has 37 heavy (non-hydrogen) atoms. The molecular weight excluding hydrogens is 498 g/mol. The molecule has 1 aliphatic heterocycles. The summed E-state index contributed by atoms with van der Waals surface area (Å²) in [5.41, 5.74) is 4.60. The first-order valence-electron chi connectivity index (χ1n) is 12.0. The smallest absolute Gasteiger partial charge is 0.277 e. The van der Waals surface area contributed by atoms with Gasteiger partial charge in [-0.25, -0.2) is 22.3 Å². The number of aryl methyl sites for hydroxylation is 1. The van der Waals surface area contributed by atoms with Crippen LogP contribution in [0.5, 0.6) is 0 Å². The fraction of sp³-hybridized carbons (Fsp3) is 0.385. The molecule has 0 saturated heterocycles. The molecule has 3 heterocycles. The van der Waals surface area contributed by atoms with E-state index in [9.17, 15) is 17.8 Å². The number of hydrogen-bond donors (Lipinski definition) is 1. The van der Waals surface area contributed by atoms with Gasteiger partial charge in [0.1, 0.15) is 11.5 Å². The summed E-state index contributed by atoms with van der Waals surface area (Å²) in [6, 6.07) is 7.17. The van der Waals surface area contributed by atoms with Gasteiger partial charge in [-0.15, -0.1) is 0 Å². The predicted molar refractivity (Wildman–Crippen MR) is 140 cm³/mol. The number of Topliss-reactive ketones (excluding diaryl/α,β-unsaturated/α-hetero) is 1. The first-order valence-corrected chi connectivity index (χ1v) is 13.9. The van der Waals surface area contributed by atoms with Crippen molar-refractivity contribution < 1.29 is 17.8 Å². The molecule has 1 N–H and O–H groups in total. The molecule has 1 aromatic carbocycles. The Morgan fingerprint density at radius 2 is 2.03 bits per heavy atom. The number of nitrogens with zero attached hydrogens (tertiary/aromatic N) is 5.